The van der Waals surface area contributed by atoms with Crippen LogP contribution in [0.3, 0.4) is 0 Å². The molecule has 0 aliphatic carbocycles. The number of carbonyl (C=O) groups is 2. The molecule has 1 amide bonds. The van der Waals surface area contributed by atoms with Crippen LogP contribution < -0.4 is 5.32 Å². The normalized spacial score (nSPS) is 10.0. The summed E-state index contributed by atoms with van der Waals surface area (Å²) in [5, 5.41) is 21.7. The van der Waals surface area contributed by atoms with Gasteiger partial charge < -0.3 is 15.4 Å². The Morgan fingerprint density at radius 2 is 2.15 bits per heavy atom. The lowest BCUT2D eigenvalue weighted by molar-refractivity contribution is -0.384. The van der Waals surface area contributed by atoms with Gasteiger partial charge in [0.2, 0.25) is 0 Å². The van der Waals surface area contributed by atoms with Crippen LogP contribution in [0.15, 0.2) is 30.6 Å². The molecule has 0 saturated carbocycles. The average molecular weight is 276 g/mol. The summed E-state index contributed by atoms with van der Waals surface area (Å²) in [6, 6.07) is 3.66. The van der Waals surface area contributed by atoms with Crippen LogP contribution in [0.4, 0.5) is 11.4 Å². The van der Waals surface area contributed by atoms with E-state index in [2.05, 4.69) is 15.3 Å². The molecule has 3 N–H and O–H groups in total. The zero-order chi connectivity index (χ0) is 14.7. The van der Waals surface area contributed by atoms with Crippen molar-refractivity contribution in [1.29, 1.82) is 0 Å². The highest BCUT2D eigenvalue weighted by Gasteiger charge is 2.15. The molecule has 0 aliphatic rings. The zero-order valence-electron chi connectivity index (χ0n) is 9.86. The van der Waals surface area contributed by atoms with E-state index in [1.54, 1.807) is 0 Å². The van der Waals surface area contributed by atoms with Crippen molar-refractivity contribution in [3.05, 3.63) is 52.1 Å². The number of rotatable bonds is 4. The summed E-state index contributed by atoms with van der Waals surface area (Å²) < 4.78 is 0. The Morgan fingerprint density at radius 3 is 2.75 bits per heavy atom. The average Bonchev–Trinajstić information content (AvgIpc) is 2.88. The second kappa shape index (κ2) is 5.18. The van der Waals surface area contributed by atoms with Crippen molar-refractivity contribution in [2.75, 3.05) is 5.32 Å². The summed E-state index contributed by atoms with van der Waals surface area (Å²) >= 11 is 0. The largest absolute Gasteiger partial charge is 0.477 e. The van der Waals surface area contributed by atoms with E-state index in [0.29, 0.717) is 0 Å². The van der Waals surface area contributed by atoms with Crippen molar-refractivity contribution in [2.24, 2.45) is 0 Å². The summed E-state index contributed by atoms with van der Waals surface area (Å²) in [5.41, 5.74) is -0.249. The number of anilines is 1. The van der Waals surface area contributed by atoms with E-state index < -0.39 is 16.8 Å². The first-order valence-electron chi connectivity index (χ1n) is 5.31. The highest BCUT2D eigenvalue weighted by Crippen LogP contribution is 2.14. The summed E-state index contributed by atoms with van der Waals surface area (Å²) in [6.07, 6.45) is 2.32. The van der Waals surface area contributed by atoms with Crippen molar-refractivity contribution < 1.29 is 19.6 Å². The number of aromatic nitrogens is 2. The number of H-pyrrole nitrogens is 1. The third-order valence-corrected chi connectivity index (χ3v) is 2.36. The lowest BCUT2D eigenvalue weighted by Crippen LogP contribution is -2.13. The second-order valence-electron chi connectivity index (χ2n) is 3.72. The number of carbonyl (C=O) groups excluding carboxylic acids is 1. The van der Waals surface area contributed by atoms with Gasteiger partial charge in [-0.05, 0) is 12.1 Å². The first kappa shape index (κ1) is 13.2. The Labute approximate surface area is 111 Å². The molecular weight excluding hydrogens is 268 g/mol. The third kappa shape index (κ3) is 2.77. The molecule has 0 saturated heterocycles. The van der Waals surface area contributed by atoms with Gasteiger partial charge in [-0.1, -0.05) is 0 Å². The molecule has 0 atom stereocenters. The van der Waals surface area contributed by atoms with Gasteiger partial charge in [-0.2, -0.15) is 0 Å². The maximum Gasteiger partial charge on any atom is 0.354 e. The molecule has 9 nitrogen and oxygen atoms in total. The summed E-state index contributed by atoms with van der Waals surface area (Å²) in [4.78, 5) is 38.4. The van der Waals surface area contributed by atoms with Crippen LogP contribution in [0.2, 0.25) is 0 Å². The lowest BCUT2D eigenvalue weighted by Gasteiger charge is -2.03. The number of carboxylic acid groups (broad SMARTS) is 1. The van der Waals surface area contributed by atoms with Crippen molar-refractivity contribution >= 4 is 23.3 Å². The highest BCUT2D eigenvalue weighted by atomic mass is 16.6. The molecule has 0 bridgehead atoms. The third-order valence-electron chi connectivity index (χ3n) is 2.36. The predicted molar refractivity (Wildman–Crippen MR) is 66.6 cm³/mol. The van der Waals surface area contributed by atoms with E-state index in [1.807, 2.05) is 0 Å². The van der Waals surface area contributed by atoms with Gasteiger partial charge >= 0.3 is 5.97 Å². The van der Waals surface area contributed by atoms with Crippen molar-refractivity contribution in [3.8, 4) is 0 Å². The number of aromatic amines is 1. The topological polar surface area (TPSA) is 138 Å². The maximum atomic E-state index is 11.8. The number of nitrogens with zero attached hydrogens (tertiary/aromatic N) is 2. The number of nitrogens with one attached hydrogen (secondary N) is 2. The van der Waals surface area contributed by atoms with Gasteiger partial charge in [0.1, 0.15) is 11.4 Å². The predicted octanol–water partition coefficient (Wildman–Crippen LogP) is 1.27. The van der Waals surface area contributed by atoms with E-state index in [1.165, 1.54) is 18.3 Å². The number of aromatic carboxylic acids is 1. The molecular formula is C11H8N4O5. The summed E-state index contributed by atoms with van der Waals surface area (Å²) in [7, 11) is 0. The minimum absolute atomic E-state index is 0.00890. The first-order chi connectivity index (χ1) is 9.47. The number of nitro groups is 1. The van der Waals surface area contributed by atoms with Crippen molar-refractivity contribution in [2.45, 2.75) is 0 Å². The van der Waals surface area contributed by atoms with E-state index in [0.717, 1.165) is 12.3 Å². The van der Waals surface area contributed by atoms with Crippen LogP contribution in [-0.2, 0) is 0 Å². The van der Waals surface area contributed by atoms with Gasteiger partial charge in [0.05, 0.1) is 11.1 Å². The Kier molecular flexibility index (Phi) is 3.42. The second-order valence-corrected chi connectivity index (χ2v) is 3.72. The summed E-state index contributed by atoms with van der Waals surface area (Å²) in [6.45, 7) is 0. The molecule has 102 valence electrons. The van der Waals surface area contributed by atoms with Crippen LogP contribution in [0.25, 0.3) is 0 Å². The van der Waals surface area contributed by atoms with E-state index in [9.17, 15) is 19.7 Å². The fraction of sp³-hybridized carbons (Fsp3) is 0. The minimum atomic E-state index is -1.23. The minimum Gasteiger partial charge on any atom is -0.477 e. The van der Waals surface area contributed by atoms with Crippen molar-refractivity contribution in [3.63, 3.8) is 0 Å². The molecule has 2 aromatic rings. The van der Waals surface area contributed by atoms with E-state index in [4.69, 9.17) is 5.11 Å². The fourth-order valence-electron chi connectivity index (χ4n) is 1.44. The molecule has 0 unspecified atom stereocenters. The molecule has 2 heterocycles. The van der Waals surface area contributed by atoms with Crippen LogP contribution in [0, 0.1) is 10.1 Å². The summed E-state index contributed by atoms with van der Waals surface area (Å²) in [5.74, 6) is -1.85. The molecule has 0 aromatic carbocycles. The van der Waals surface area contributed by atoms with Crippen LogP contribution >= 0.6 is 0 Å². The SMILES string of the molecule is O=C(O)c1cc(NC(=O)c2cc([N+](=O)[O-])c[nH]2)ccn1. The maximum absolute atomic E-state index is 11.8. The monoisotopic (exact) mass is 276 g/mol. The van der Waals surface area contributed by atoms with Crippen LogP contribution in [-0.4, -0.2) is 31.9 Å². The Hall–Kier alpha value is -3.23. The molecule has 2 aromatic heterocycles. The van der Waals surface area contributed by atoms with Gasteiger partial charge in [0.15, 0.2) is 0 Å². The van der Waals surface area contributed by atoms with Crippen LogP contribution in [0.1, 0.15) is 21.0 Å². The van der Waals surface area contributed by atoms with Crippen molar-refractivity contribution in [1.82, 2.24) is 9.97 Å². The highest BCUT2D eigenvalue weighted by molar-refractivity contribution is 6.03. The molecule has 0 fully saturated rings. The molecule has 9 heteroatoms. The molecule has 0 spiro atoms. The van der Waals surface area contributed by atoms with Gasteiger partial charge in [0.25, 0.3) is 11.6 Å². The number of carboxylic acids is 1. The number of pyridine rings is 1. The zero-order valence-corrected chi connectivity index (χ0v) is 9.86. The Bertz CT molecular complexity index is 694. The van der Waals surface area contributed by atoms with Gasteiger partial charge in [-0.3, -0.25) is 14.9 Å². The van der Waals surface area contributed by atoms with E-state index >= 15 is 0 Å². The van der Waals surface area contributed by atoms with Gasteiger partial charge in [0, 0.05) is 18.0 Å². The Morgan fingerprint density at radius 1 is 1.40 bits per heavy atom. The van der Waals surface area contributed by atoms with Crippen LogP contribution in [0.5, 0.6) is 0 Å². The van der Waals surface area contributed by atoms with Gasteiger partial charge in [-0.15, -0.1) is 0 Å². The molecule has 2 rings (SSSR count). The number of hydrogen-bond donors (Lipinski definition) is 3. The number of amides is 1. The smallest absolute Gasteiger partial charge is 0.354 e. The molecule has 20 heavy (non-hydrogen) atoms. The fourth-order valence-corrected chi connectivity index (χ4v) is 1.44. The molecule has 0 radical (unpaired) electrons. The standard InChI is InChI=1S/C11H8N4O5/c16-10(8-4-7(5-13-8)15(19)20)14-6-1-2-12-9(3-6)11(17)18/h1-5,13H,(H,17,18)(H,12,14,16). The Balaban J connectivity index is 2.16. The van der Waals surface area contributed by atoms with E-state index in [-0.39, 0.29) is 22.8 Å². The lowest BCUT2D eigenvalue weighted by atomic mass is 10.3. The van der Waals surface area contributed by atoms with Gasteiger partial charge in [-0.25, -0.2) is 9.78 Å². The molecule has 0 aliphatic heterocycles. The number of hydrogen-bond acceptors (Lipinski definition) is 5. The first-order valence-corrected chi connectivity index (χ1v) is 5.31. The quantitative estimate of drug-likeness (QED) is 0.567.